The molecule has 0 saturated heterocycles. The van der Waals surface area contributed by atoms with E-state index in [2.05, 4.69) is 4.98 Å². The van der Waals surface area contributed by atoms with E-state index >= 15 is 0 Å². The number of benzene rings is 1. The number of nitrogens with one attached hydrogen (secondary N) is 1. The van der Waals surface area contributed by atoms with Crippen LogP contribution < -0.4 is 9.47 Å². The summed E-state index contributed by atoms with van der Waals surface area (Å²) in [6.07, 6.45) is -1.07. The van der Waals surface area contributed by atoms with Crippen molar-refractivity contribution in [1.82, 2.24) is 4.98 Å². The molecule has 0 fully saturated rings. The van der Waals surface area contributed by atoms with Gasteiger partial charge in [-0.25, -0.2) is 9.59 Å². The van der Waals surface area contributed by atoms with Gasteiger partial charge in [0.2, 0.25) is 5.78 Å². The highest BCUT2D eigenvalue weighted by atomic mass is 16.5. The summed E-state index contributed by atoms with van der Waals surface area (Å²) in [5, 5.41) is 0. The van der Waals surface area contributed by atoms with Crippen LogP contribution in [0.3, 0.4) is 0 Å². The lowest BCUT2D eigenvalue weighted by molar-refractivity contribution is 0.0316. The van der Waals surface area contributed by atoms with Crippen molar-refractivity contribution in [3.63, 3.8) is 0 Å². The molecule has 2 rings (SSSR count). The minimum atomic E-state index is -1.07. The van der Waals surface area contributed by atoms with Crippen LogP contribution in [-0.2, 0) is 9.47 Å². The van der Waals surface area contributed by atoms with Crippen molar-refractivity contribution in [2.45, 2.75) is 33.8 Å². The van der Waals surface area contributed by atoms with Crippen molar-refractivity contribution >= 4 is 17.7 Å². The minimum absolute atomic E-state index is 0.202. The zero-order valence-electron chi connectivity index (χ0n) is 17.4. The SMILES string of the molecule is CCOc1cc(C(=O)O[C@H](C)C(=O)c2[nH]c(C)c(C(=O)OC)c2C)ccc1OC. The molecule has 1 N–H and O–H groups in total. The van der Waals surface area contributed by atoms with Crippen LogP contribution in [0, 0.1) is 13.8 Å². The van der Waals surface area contributed by atoms with Crippen LogP contribution in [0.4, 0.5) is 0 Å². The second-order valence-corrected chi connectivity index (χ2v) is 6.33. The number of ether oxygens (including phenoxy) is 4. The predicted octanol–water partition coefficient (Wildman–Crippen LogP) is 3.25. The number of Topliss-reactive ketones (excluding diaryl/α,β-unsaturated/α-hetero) is 1. The lowest BCUT2D eigenvalue weighted by Gasteiger charge is -2.14. The van der Waals surface area contributed by atoms with E-state index in [9.17, 15) is 14.4 Å². The molecule has 0 aliphatic rings. The van der Waals surface area contributed by atoms with Crippen molar-refractivity contribution in [3.05, 3.63) is 46.3 Å². The van der Waals surface area contributed by atoms with E-state index in [1.807, 2.05) is 6.92 Å². The van der Waals surface area contributed by atoms with Crippen LogP contribution >= 0.6 is 0 Å². The molecule has 1 aromatic heterocycles. The quantitative estimate of drug-likeness (QED) is 0.533. The van der Waals surface area contributed by atoms with Gasteiger partial charge < -0.3 is 23.9 Å². The minimum Gasteiger partial charge on any atom is -0.493 e. The van der Waals surface area contributed by atoms with E-state index in [1.165, 1.54) is 33.3 Å². The molecule has 8 heteroatoms. The van der Waals surface area contributed by atoms with Crippen LogP contribution in [0.25, 0.3) is 0 Å². The maximum Gasteiger partial charge on any atom is 0.339 e. The highest BCUT2D eigenvalue weighted by Crippen LogP contribution is 2.28. The molecule has 1 atom stereocenters. The number of carbonyl (C=O) groups excluding carboxylic acids is 3. The number of aromatic amines is 1. The normalized spacial score (nSPS) is 11.5. The van der Waals surface area contributed by atoms with Crippen LogP contribution in [-0.4, -0.2) is 49.6 Å². The number of carbonyl (C=O) groups is 3. The maximum atomic E-state index is 12.8. The zero-order valence-corrected chi connectivity index (χ0v) is 17.4. The number of methoxy groups -OCH3 is 2. The summed E-state index contributed by atoms with van der Waals surface area (Å²) in [5.74, 6) is -0.778. The number of H-pyrrole nitrogens is 1. The first-order chi connectivity index (χ1) is 13.7. The van der Waals surface area contributed by atoms with Crippen LogP contribution in [0.15, 0.2) is 18.2 Å². The molecular formula is C21H25NO7. The summed E-state index contributed by atoms with van der Waals surface area (Å²) in [6, 6.07) is 4.62. The molecule has 1 aromatic carbocycles. The third-order valence-electron chi connectivity index (χ3n) is 4.43. The lowest BCUT2D eigenvalue weighted by atomic mass is 10.1. The molecule has 0 bridgehead atoms. The molecule has 156 valence electrons. The number of aromatic nitrogens is 1. The van der Waals surface area contributed by atoms with E-state index in [0.717, 1.165) is 0 Å². The fourth-order valence-electron chi connectivity index (χ4n) is 2.96. The topological polar surface area (TPSA) is 104 Å². The summed E-state index contributed by atoms with van der Waals surface area (Å²) < 4.78 is 20.7. The fraction of sp³-hybridized carbons (Fsp3) is 0.381. The van der Waals surface area contributed by atoms with Crippen molar-refractivity contribution < 1.29 is 33.3 Å². The van der Waals surface area contributed by atoms with E-state index in [4.69, 9.17) is 18.9 Å². The molecule has 0 aliphatic heterocycles. The Labute approximate surface area is 169 Å². The fourth-order valence-corrected chi connectivity index (χ4v) is 2.96. The van der Waals surface area contributed by atoms with Crippen LogP contribution in [0.2, 0.25) is 0 Å². The number of rotatable bonds is 8. The summed E-state index contributed by atoms with van der Waals surface area (Å²) >= 11 is 0. The molecule has 0 radical (unpaired) electrons. The first kappa shape index (κ1) is 22.0. The molecule has 2 aromatic rings. The second-order valence-electron chi connectivity index (χ2n) is 6.33. The first-order valence-electron chi connectivity index (χ1n) is 9.08. The van der Waals surface area contributed by atoms with E-state index in [0.29, 0.717) is 34.9 Å². The summed E-state index contributed by atoms with van der Waals surface area (Å²) in [6.45, 7) is 6.99. The number of hydrogen-bond donors (Lipinski definition) is 1. The number of aryl methyl sites for hydroxylation is 1. The van der Waals surface area contributed by atoms with Gasteiger partial charge in [-0.1, -0.05) is 0 Å². The van der Waals surface area contributed by atoms with Gasteiger partial charge in [-0.3, -0.25) is 4.79 Å². The van der Waals surface area contributed by atoms with Gasteiger partial charge in [0.15, 0.2) is 17.6 Å². The Balaban J connectivity index is 2.21. The molecule has 0 saturated carbocycles. The van der Waals surface area contributed by atoms with Gasteiger partial charge in [-0.05, 0) is 51.5 Å². The highest BCUT2D eigenvalue weighted by molar-refractivity contribution is 6.04. The van der Waals surface area contributed by atoms with Gasteiger partial charge in [0, 0.05) is 5.69 Å². The lowest BCUT2D eigenvalue weighted by Crippen LogP contribution is -2.25. The Bertz CT molecular complexity index is 929. The molecule has 0 amide bonds. The standard InChI is InChI=1S/C21H25NO7/c1-7-28-16-10-14(8-9-15(16)26-5)20(24)29-13(4)19(23)18-11(2)17(12(3)22-18)21(25)27-6/h8-10,13,22H,7H2,1-6H3/t13-/m1/s1. The van der Waals surface area contributed by atoms with Gasteiger partial charge in [0.1, 0.15) is 0 Å². The smallest absolute Gasteiger partial charge is 0.339 e. The maximum absolute atomic E-state index is 12.8. The van der Waals surface area contributed by atoms with Gasteiger partial charge in [-0.15, -0.1) is 0 Å². The Morgan fingerprint density at radius 2 is 1.76 bits per heavy atom. The second kappa shape index (κ2) is 9.27. The molecule has 0 aliphatic carbocycles. The van der Waals surface area contributed by atoms with Gasteiger partial charge >= 0.3 is 11.9 Å². The molecule has 29 heavy (non-hydrogen) atoms. The van der Waals surface area contributed by atoms with Crippen molar-refractivity contribution in [2.75, 3.05) is 20.8 Å². The van der Waals surface area contributed by atoms with E-state index in [-0.39, 0.29) is 11.3 Å². The summed E-state index contributed by atoms with van der Waals surface area (Å²) in [4.78, 5) is 40.1. The average Bonchev–Trinajstić information content (AvgIpc) is 3.00. The number of ketones is 1. The van der Waals surface area contributed by atoms with Gasteiger partial charge in [0.25, 0.3) is 0 Å². The van der Waals surface area contributed by atoms with Crippen molar-refractivity contribution in [3.8, 4) is 11.5 Å². The summed E-state index contributed by atoms with van der Waals surface area (Å²) in [5.41, 5.74) is 1.68. The molecule has 8 nitrogen and oxygen atoms in total. The van der Waals surface area contributed by atoms with Crippen molar-refractivity contribution in [2.24, 2.45) is 0 Å². The van der Waals surface area contributed by atoms with E-state index < -0.39 is 23.8 Å². The van der Waals surface area contributed by atoms with Gasteiger partial charge in [-0.2, -0.15) is 0 Å². The Morgan fingerprint density at radius 1 is 1.07 bits per heavy atom. The molecule has 0 spiro atoms. The number of esters is 2. The average molecular weight is 403 g/mol. The largest absolute Gasteiger partial charge is 0.493 e. The van der Waals surface area contributed by atoms with Crippen LogP contribution in [0.1, 0.15) is 56.3 Å². The van der Waals surface area contributed by atoms with Crippen LogP contribution in [0.5, 0.6) is 11.5 Å². The molecule has 1 heterocycles. The third kappa shape index (κ3) is 4.59. The third-order valence-corrected chi connectivity index (χ3v) is 4.43. The monoisotopic (exact) mass is 403 g/mol. The van der Waals surface area contributed by atoms with Crippen molar-refractivity contribution in [1.29, 1.82) is 0 Å². The number of hydrogen-bond acceptors (Lipinski definition) is 7. The Hall–Kier alpha value is -3.29. The highest BCUT2D eigenvalue weighted by Gasteiger charge is 2.27. The first-order valence-corrected chi connectivity index (χ1v) is 9.08. The molecular weight excluding hydrogens is 378 g/mol. The Kier molecular flexibility index (Phi) is 7.03. The Morgan fingerprint density at radius 3 is 2.34 bits per heavy atom. The molecule has 0 unspecified atom stereocenters. The predicted molar refractivity (Wildman–Crippen MR) is 105 cm³/mol. The van der Waals surface area contributed by atoms with E-state index in [1.54, 1.807) is 19.9 Å². The zero-order chi connectivity index (χ0) is 21.7. The van der Waals surface area contributed by atoms with Gasteiger partial charge in [0.05, 0.1) is 37.6 Å². The summed E-state index contributed by atoms with van der Waals surface area (Å²) in [7, 11) is 2.77.